The van der Waals surface area contributed by atoms with Gasteiger partial charge in [0.2, 0.25) is 0 Å². The number of halogens is 2. The van der Waals surface area contributed by atoms with E-state index >= 15 is 0 Å². The fraction of sp³-hybridized carbons (Fsp3) is 0.333. The minimum atomic E-state index is -2.84. The van der Waals surface area contributed by atoms with Crippen molar-refractivity contribution in [3.05, 3.63) is 30.1 Å². The highest BCUT2D eigenvalue weighted by Gasteiger charge is 2.09. The molecule has 7 heteroatoms. The molecule has 0 aliphatic rings. The lowest BCUT2D eigenvalue weighted by Crippen LogP contribution is -2.01. The van der Waals surface area contributed by atoms with Crippen LogP contribution in [0.2, 0.25) is 0 Å². The Morgan fingerprint density at radius 1 is 1.26 bits per heavy atom. The standard InChI is InChI=1S/C12H13F2N3O2/c13-12(14)18-9-5-3-8(4-6-9)11-16-10(17-19-11)2-1-7-15/h3-6,12H,1-2,7,15H2. The molecular formula is C12H13F2N3O2. The molecule has 0 saturated carbocycles. The van der Waals surface area contributed by atoms with E-state index in [2.05, 4.69) is 14.9 Å². The van der Waals surface area contributed by atoms with Gasteiger partial charge in [-0.1, -0.05) is 5.16 Å². The Balaban J connectivity index is 2.07. The molecule has 102 valence electrons. The van der Waals surface area contributed by atoms with Crippen LogP contribution in [0.5, 0.6) is 5.75 Å². The number of hydrogen-bond donors (Lipinski definition) is 1. The second kappa shape index (κ2) is 6.24. The molecule has 0 saturated heterocycles. The first kappa shape index (κ1) is 13.4. The van der Waals surface area contributed by atoms with E-state index in [1.807, 2.05) is 0 Å². The summed E-state index contributed by atoms with van der Waals surface area (Å²) in [5.74, 6) is 1.01. The predicted octanol–water partition coefficient (Wildman–Crippen LogP) is 2.23. The van der Waals surface area contributed by atoms with Crippen LogP contribution in [-0.4, -0.2) is 23.3 Å². The topological polar surface area (TPSA) is 74.2 Å². The number of hydrogen-bond acceptors (Lipinski definition) is 5. The minimum Gasteiger partial charge on any atom is -0.435 e. The highest BCUT2D eigenvalue weighted by atomic mass is 19.3. The number of alkyl halides is 2. The van der Waals surface area contributed by atoms with Crippen LogP contribution in [0, 0.1) is 0 Å². The summed E-state index contributed by atoms with van der Waals surface area (Å²) in [4.78, 5) is 4.19. The monoisotopic (exact) mass is 269 g/mol. The Kier molecular flexibility index (Phi) is 4.40. The van der Waals surface area contributed by atoms with Crippen molar-refractivity contribution in [1.29, 1.82) is 0 Å². The van der Waals surface area contributed by atoms with Gasteiger partial charge in [0.25, 0.3) is 5.89 Å². The summed E-state index contributed by atoms with van der Waals surface area (Å²) in [5, 5.41) is 3.81. The average molecular weight is 269 g/mol. The van der Waals surface area contributed by atoms with Gasteiger partial charge in [-0.2, -0.15) is 13.8 Å². The zero-order chi connectivity index (χ0) is 13.7. The third-order valence-corrected chi connectivity index (χ3v) is 2.40. The molecule has 0 amide bonds. The summed E-state index contributed by atoms with van der Waals surface area (Å²) in [6, 6.07) is 6.01. The molecular weight excluding hydrogens is 256 g/mol. The van der Waals surface area contributed by atoms with Crippen LogP contribution in [0.25, 0.3) is 11.5 Å². The number of rotatable bonds is 6. The first-order valence-electron chi connectivity index (χ1n) is 5.77. The molecule has 1 heterocycles. The maximum absolute atomic E-state index is 12.0. The molecule has 0 fully saturated rings. The molecule has 5 nitrogen and oxygen atoms in total. The second-order valence-electron chi connectivity index (χ2n) is 3.81. The Labute approximate surface area is 108 Å². The molecule has 0 radical (unpaired) electrons. The van der Waals surface area contributed by atoms with Crippen LogP contribution < -0.4 is 10.5 Å². The molecule has 0 bridgehead atoms. The zero-order valence-electron chi connectivity index (χ0n) is 10.1. The van der Waals surface area contributed by atoms with Gasteiger partial charge in [0.15, 0.2) is 5.82 Å². The molecule has 0 aliphatic carbocycles. The summed E-state index contributed by atoms with van der Waals surface area (Å²) in [7, 11) is 0. The number of ether oxygens (including phenoxy) is 1. The molecule has 19 heavy (non-hydrogen) atoms. The van der Waals surface area contributed by atoms with Crippen LogP contribution >= 0.6 is 0 Å². The first-order valence-corrected chi connectivity index (χ1v) is 5.77. The Morgan fingerprint density at radius 3 is 2.63 bits per heavy atom. The summed E-state index contributed by atoms with van der Waals surface area (Å²) in [6.45, 7) is -2.28. The van der Waals surface area contributed by atoms with Gasteiger partial charge in [-0.25, -0.2) is 0 Å². The first-order chi connectivity index (χ1) is 9.19. The molecule has 0 spiro atoms. The predicted molar refractivity (Wildman–Crippen MR) is 63.7 cm³/mol. The highest BCUT2D eigenvalue weighted by molar-refractivity contribution is 5.54. The van der Waals surface area contributed by atoms with Crippen molar-refractivity contribution in [2.24, 2.45) is 5.73 Å². The SMILES string of the molecule is NCCCc1noc(-c2ccc(OC(F)F)cc2)n1. The third-order valence-electron chi connectivity index (χ3n) is 2.40. The molecule has 1 aromatic heterocycles. The van der Waals surface area contributed by atoms with Gasteiger partial charge >= 0.3 is 6.61 Å². The molecule has 0 aliphatic heterocycles. The van der Waals surface area contributed by atoms with Gasteiger partial charge in [0.05, 0.1) is 0 Å². The van der Waals surface area contributed by atoms with Crippen molar-refractivity contribution < 1.29 is 18.0 Å². The fourth-order valence-electron chi connectivity index (χ4n) is 1.51. The summed E-state index contributed by atoms with van der Waals surface area (Å²) >= 11 is 0. The van der Waals surface area contributed by atoms with E-state index < -0.39 is 6.61 Å². The van der Waals surface area contributed by atoms with Crippen LogP contribution in [0.4, 0.5) is 8.78 Å². The van der Waals surface area contributed by atoms with Crippen molar-refractivity contribution in [3.8, 4) is 17.2 Å². The lowest BCUT2D eigenvalue weighted by atomic mass is 10.2. The third kappa shape index (κ3) is 3.72. The van der Waals surface area contributed by atoms with Gasteiger partial charge < -0.3 is 15.0 Å². The van der Waals surface area contributed by atoms with E-state index in [9.17, 15) is 8.78 Å². The molecule has 0 unspecified atom stereocenters. The largest absolute Gasteiger partial charge is 0.435 e. The number of aromatic nitrogens is 2. The van der Waals surface area contributed by atoms with E-state index in [4.69, 9.17) is 10.3 Å². The molecule has 2 aromatic rings. The number of aryl methyl sites for hydroxylation is 1. The Bertz CT molecular complexity index is 514. The van der Waals surface area contributed by atoms with Gasteiger partial charge in [-0.3, -0.25) is 0 Å². The van der Waals surface area contributed by atoms with E-state index in [0.717, 1.165) is 6.42 Å². The smallest absolute Gasteiger partial charge is 0.387 e. The van der Waals surface area contributed by atoms with Crippen LogP contribution in [0.3, 0.4) is 0 Å². The van der Waals surface area contributed by atoms with E-state index in [1.165, 1.54) is 12.1 Å². The van der Waals surface area contributed by atoms with Crippen LogP contribution in [0.1, 0.15) is 12.2 Å². The maximum atomic E-state index is 12.0. The van der Waals surface area contributed by atoms with Gasteiger partial charge in [0.1, 0.15) is 5.75 Å². The quantitative estimate of drug-likeness (QED) is 0.870. The molecule has 1 aromatic carbocycles. The van der Waals surface area contributed by atoms with E-state index in [-0.39, 0.29) is 5.75 Å². The molecule has 2 rings (SSSR count). The number of nitrogens with two attached hydrogens (primary N) is 1. The number of benzene rings is 1. The minimum absolute atomic E-state index is 0.0848. The summed E-state index contributed by atoms with van der Waals surface area (Å²) < 4.78 is 33.3. The maximum Gasteiger partial charge on any atom is 0.387 e. The van der Waals surface area contributed by atoms with E-state index in [1.54, 1.807) is 12.1 Å². The number of nitrogens with zero attached hydrogens (tertiary/aromatic N) is 2. The normalized spacial score (nSPS) is 10.9. The van der Waals surface area contributed by atoms with Gasteiger partial charge in [-0.15, -0.1) is 0 Å². The Hall–Kier alpha value is -2.02. The van der Waals surface area contributed by atoms with E-state index in [0.29, 0.717) is 30.2 Å². The van der Waals surface area contributed by atoms with Gasteiger partial charge in [0, 0.05) is 12.0 Å². The molecule has 0 atom stereocenters. The summed E-state index contributed by atoms with van der Waals surface area (Å²) in [5.41, 5.74) is 6.04. The Morgan fingerprint density at radius 2 is 2.00 bits per heavy atom. The van der Waals surface area contributed by atoms with Crippen molar-refractivity contribution in [2.45, 2.75) is 19.5 Å². The van der Waals surface area contributed by atoms with Crippen LogP contribution in [-0.2, 0) is 6.42 Å². The molecule has 2 N–H and O–H groups in total. The average Bonchev–Trinajstić information content (AvgIpc) is 2.85. The lowest BCUT2D eigenvalue weighted by Gasteiger charge is -2.03. The van der Waals surface area contributed by atoms with Crippen molar-refractivity contribution in [3.63, 3.8) is 0 Å². The second-order valence-corrected chi connectivity index (χ2v) is 3.81. The van der Waals surface area contributed by atoms with Crippen molar-refractivity contribution >= 4 is 0 Å². The van der Waals surface area contributed by atoms with Crippen molar-refractivity contribution in [2.75, 3.05) is 6.54 Å². The lowest BCUT2D eigenvalue weighted by molar-refractivity contribution is -0.0498. The summed E-state index contributed by atoms with van der Waals surface area (Å²) in [6.07, 6.45) is 1.42. The van der Waals surface area contributed by atoms with Gasteiger partial charge in [-0.05, 0) is 37.2 Å². The highest BCUT2D eigenvalue weighted by Crippen LogP contribution is 2.22. The van der Waals surface area contributed by atoms with Crippen molar-refractivity contribution in [1.82, 2.24) is 10.1 Å². The fourth-order valence-corrected chi connectivity index (χ4v) is 1.51. The van der Waals surface area contributed by atoms with Crippen LogP contribution in [0.15, 0.2) is 28.8 Å². The zero-order valence-corrected chi connectivity index (χ0v) is 10.1.